The van der Waals surface area contributed by atoms with E-state index in [-0.39, 0.29) is 17.3 Å². The number of pyridine rings is 1. The van der Waals surface area contributed by atoms with Gasteiger partial charge in [0.25, 0.3) is 0 Å². The number of hydrogen-bond acceptors (Lipinski definition) is 8. The normalized spacial score (nSPS) is 11.4. The van der Waals surface area contributed by atoms with Gasteiger partial charge in [0, 0.05) is 22.5 Å². The Morgan fingerprint density at radius 2 is 1.79 bits per heavy atom. The highest BCUT2D eigenvalue weighted by atomic mass is 32.1. The Morgan fingerprint density at radius 1 is 0.953 bits per heavy atom. The van der Waals surface area contributed by atoms with Gasteiger partial charge < -0.3 is 15.0 Å². The lowest BCUT2D eigenvalue weighted by molar-refractivity contribution is -0.116. The van der Waals surface area contributed by atoms with Gasteiger partial charge in [-0.05, 0) is 49.2 Å². The lowest BCUT2D eigenvalue weighted by Gasteiger charge is -2.14. The molecule has 5 aromatic heterocycles. The number of nitrogens with zero attached hydrogens (tertiary/aromatic N) is 4. The molecule has 212 valence electrons. The molecule has 2 N–H and O–H groups in total. The first-order valence-corrected chi connectivity index (χ1v) is 15.9. The summed E-state index contributed by atoms with van der Waals surface area (Å²) in [5.74, 6) is -1.25. The van der Waals surface area contributed by atoms with Gasteiger partial charge in [0.15, 0.2) is 5.13 Å². The van der Waals surface area contributed by atoms with Crippen LogP contribution in [0.3, 0.4) is 0 Å². The zero-order chi connectivity index (χ0) is 29.7. The van der Waals surface area contributed by atoms with Crippen molar-refractivity contribution in [1.29, 1.82) is 0 Å². The van der Waals surface area contributed by atoms with E-state index in [1.807, 2.05) is 66.9 Å². The number of carboxylic acids is 1. The molecule has 0 atom stereocenters. The van der Waals surface area contributed by atoms with E-state index in [1.54, 1.807) is 29.0 Å². The molecular formula is C32H23N5O3S3. The quantitative estimate of drug-likeness (QED) is 0.186. The monoisotopic (exact) mass is 621 g/mol. The highest BCUT2D eigenvalue weighted by molar-refractivity contribution is 7.21. The molecule has 8 nitrogen and oxygen atoms in total. The van der Waals surface area contributed by atoms with E-state index in [0.29, 0.717) is 10.6 Å². The number of aromatic nitrogens is 4. The minimum atomic E-state index is -1.00. The van der Waals surface area contributed by atoms with Gasteiger partial charge in [0.1, 0.15) is 11.4 Å². The molecular weight excluding hydrogens is 599 g/mol. The highest BCUT2D eigenvalue weighted by Gasteiger charge is 2.25. The van der Waals surface area contributed by atoms with Crippen LogP contribution in [-0.4, -0.2) is 36.5 Å². The summed E-state index contributed by atoms with van der Waals surface area (Å²) < 4.78 is 2.72. The summed E-state index contributed by atoms with van der Waals surface area (Å²) >= 11 is 4.19. The zero-order valence-electron chi connectivity index (χ0n) is 23.0. The number of aromatic carboxylic acids is 1. The molecule has 0 spiro atoms. The first-order chi connectivity index (χ1) is 20.9. The number of amides is 1. The fraction of sp³-hybridized carbons (Fsp3) is 0.0938. The number of fused-ring (bicyclic) bond motifs is 2. The molecule has 0 unspecified atom stereocenters. The van der Waals surface area contributed by atoms with Crippen molar-refractivity contribution in [3.63, 3.8) is 0 Å². The van der Waals surface area contributed by atoms with E-state index < -0.39 is 5.97 Å². The van der Waals surface area contributed by atoms with Crippen molar-refractivity contribution in [2.45, 2.75) is 20.4 Å². The minimum Gasteiger partial charge on any atom is -0.477 e. The molecule has 0 radical (unpaired) electrons. The second kappa shape index (κ2) is 10.8. The number of thiazole rings is 2. The third-order valence-electron chi connectivity index (χ3n) is 7.09. The molecule has 0 bridgehead atoms. The molecule has 1 amide bonds. The van der Waals surface area contributed by atoms with E-state index in [9.17, 15) is 14.7 Å². The number of carbonyl (C=O) groups excluding carboxylic acids is 1. The second-order valence-electron chi connectivity index (χ2n) is 9.94. The molecule has 0 aliphatic heterocycles. The van der Waals surface area contributed by atoms with Crippen LogP contribution in [0, 0.1) is 13.8 Å². The number of aryl methyl sites for hydroxylation is 2. The number of benzene rings is 2. The Hall–Kier alpha value is -4.71. The molecule has 43 heavy (non-hydrogen) atoms. The molecule has 0 fully saturated rings. The van der Waals surface area contributed by atoms with Crippen LogP contribution in [0.1, 0.15) is 20.4 Å². The summed E-state index contributed by atoms with van der Waals surface area (Å²) in [7, 11) is 0. The van der Waals surface area contributed by atoms with Gasteiger partial charge in [-0.2, -0.15) is 0 Å². The SMILES string of the molecule is Cc1nc(C)c(-c2ccc3cc(-c4c(-c5ccccc5)c5sc(C(=O)O)cc5n4CC(=O)Nc4nccs4)ccc3n2)s1. The number of thiophene rings is 1. The van der Waals surface area contributed by atoms with E-state index >= 15 is 0 Å². The molecule has 0 aliphatic rings. The van der Waals surface area contributed by atoms with Crippen LogP contribution in [0.15, 0.2) is 78.3 Å². The molecule has 0 aliphatic carbocycles. The molecule has 11 heteroatoms. The van der Waals surface area contributed by atoms with Gasteiger partial charge >= 0.3 is 5.97 Å². The second-order valence-corrected chi connectivity index (χ2v) is 13.1. The summed E-state index contributed by atoms with van der Waals surface area (Å²) in [6.07, 6.45) is 1.64. The van der Waals surface area contributed by atoms with E-state index in [4.69, 9.17) is 4.98 Å². The summed E-state index contributed by atoms with van der Waals surface area (Å²) in [6, 6.07) is 21.7. The Bertz CT molecular complexity index is 2160. The third-order valence-corrected chi connectivity index (χ3v) is 10.0. The Kier molecular flexibility index (Phi) is 6.85. The van der Waals surface area contributed by atoms with Gasteiger partial charge in [-0.15, -0.1) is 34.0 Å². The van der Waals surface area contributed by atoms with Crippen LogP contribution in [0.4, 0.5) is 5.13 Å². The van der Waals surface area contributed by atoms with Gasteiger partial charge in [-0.3, -0.25) is 4.79 Å². The lowest BCUT2D eigenvalue weighted by atomic mass is 10.00. The highest BCUT2D eigenvalue weighted by Crippen LogP contribution is 2.45. The molecule has 7 rings (SSSR count). The van der Waals surface area contributed by atoms with Gasteiger partial charge in [-0.1, -0.05) is 42.5 Å². The van der Waals surface area contributed by atoms with Crippen molar-refractivity contribution in [1.82, 2.24) is 19.5 Å². The Labute approximate surface area is 258 Å². The predicted octanol–water partition coefficient (Wildman–Crippen LogP) is 8.12. The summed E-state index contributed by atoms with van der Waals surface area (Å²) in [5, 5.41) is 17.0. The van der Waals surface area contributed by atoms with Crippen LogP contribution in [0.5, 0.6) is 0 Å². The molecule has 5 heterocycles. The maximum atomic E-state index is 13.3. The third kappa shape index (κ3) is 5.01. The average Bonchev–Trinajstić information content (AvgIpc) is 3.78. The van der Waals surface area contributed by atoms with Crippen molar-refractivity contribution in [2.75, 3.05) is 5.32 Å². The van der Waals surface area contributed by atoms with Crippen molar-refractivity contribution >= 4 is 72.1 Å². The van der Waals surface area contributed by atoms with Gasteiger partial charge in [0.2, 0.25) is 5.91 Å². The molecule has 2 aromatic carbocycles. The smallest absolute Gasteiger partial charge is 0.345 e. The van der Waals surface area contributed by atoms with Crippen LogP contribution in [0.25, 0.3) is 54.1 Å². The lowest BCUT2D eigenvalue weighted by Crippen LogP contribution is -2.19. The fourth-order valence-corrected chi connectivity index (χ4v) is 7.82. The maximum Gasteiger partial charge on any atom is 0.345 e. The Balaban J connectivity index is 1.42. The van der Waals surface area contributed by atoms with Crippen LogP contribution >= 0.6 is 34.0 Å². The number of anilines is 1. The van der Waals surface area contributed by atoms with Crippen molar-refractivity contribution < 1.29 is 14.7 Å². The van der Waals surface area contributed by atoms with E-state index in [1.165, 1.54) is 22.7 Å². The summed E-state index contributed by atoms with van der Waals surface area (Å²) in [6.45, 7) is 3.97. The standard InChI is InChI=1S/C32H23N5O3S3/c1-17-29(42-18(2)34-17)23-11-8-20-14-21(9-10-22(20)35-23)28-27(19-6-4-3-5-7-19)30-24(15-25(43-30)31(39)40)37(28)16-26(38)36-32-33-12-13-41-32/h3-15H,16H2,1-2H3,(H,39,40)(H,33,36,38). The van der Waals surface area contributed by atoms with Crippen molar-refractivity contribution in [3.8, 4) is 33.0 Å². The minimum absolute atomic E-state index is 0.0206. The van der Waals surface area contributed by atoms with Gasteiger partial charge in [-0.25, -0.2) is 19.7 Å². The maximum absolute atomic E-state index is 13.3. The van der Waals surface area contributed by atoms with Crippen molar-refractivity contribution in [2.24, 2.45) is 0 Å². The van der Waals surface area contributed by atoms with Crippen LogP contribution in [-0.2, 0) is 11.3 Å². The largest absolute Gasteiger partial charge is 0.477 e. The van der Waals surface area contributed by atoms with E-state index in [2.05, 4.69) is 27.4 Å². The number of carboxylic acid groups (broad SMARTS) is 1. The average molecular weight is 622 g/mol. The summed E-state index contributed by atoms with van der Waals surface area (Å²) in [5.41, 5.74) is 6.94. The van der Waals surface area contributed by atoms with Crippen LogP contribution < -0.4 is 5.32 Å². The molecule has 0 saturated carbocycles. The van der Waals surface area contributed by atoms with Crippen LogP contribution in [0.2, 0.25) is 0 Å². The first-order valence-electron chi connectivity index (χ1n) is 13.4. The Morgan fingerprint density at radius 3 is 2.51 bits per heavy atom. The fourth-order valence-electron chi connectivity index (χ4n) is 5.32. The molecule has 0 saturated heterocycles. The first kappa shape index (κ1) is 27.1. The number of hydrogen-bond donors (Lipinski definition) is 2. The number of rotatable bonds is 7. The topological polar surface area (TPSA) is 110 Å². The predicted molar refractivity (Wildman–Crippen MR) is 174 cm³/mol. The van der Waals surface area contributed by atoms with E-state index in [0.717, 1.165) is 59.3 Å². The number of nitrogens with one attached hydrogen (secondary N) is 1. The molecule has 7 aromatic rings. The van der Waals surface area contributed by atoms with Gasteiger partial charge in [0.05, 0.1) is 42.7 Å². The van der Waals surface area contributed by atoms with Crippen molar-refractivity contribution in [3.05, 3.63) is 93.9 Å². The summed E-state index contributed by atoms with van der Waals surface area (Å²) in [4.78, 5) is 40.3. The number of carbonyl (C=O) groups is 2. The zero-order valence-corrected chi connectivity index (χ0v) is 25.4.